The van der Waals surface area contributed by atoms with E-state index < -0.39 is 5.54 Å². The zero-order chi connectivity index (χ0) is 13.9. The second-order valence-electron chi connectivity index (χ2n) is 5.05. The lowest BCUT2D eigenvalue weighted by atomic mass is 9.78. The summed E-state index contributed by atoms with van der Waals surface area (Å²) in [5.74, 6) is 0.584. The van der Waals surface area contributed by atoms with Gasteiger partial charge in [-0.2, -0.15) is 0 Å². The lowest BCUT2D eigenvalue weighted by Gasteiger charge is -2.41. The lowest BCUT2D eigenvalue weighted by molar-refractivity contribution is -0.124. The summed E-state index contributed by atoms with van der Waals surface area (Å²) in [5.41, 5.74) is 5.81. The van der Waals surface area contributed by atoms with Gasteiger partial charge in [0.25, 0.3) is 0 Å². The van der Waals surface area contributed by atoms with Crippen LogP contribution in [0.3, 0.4) is 0 Å². The van der Waals surface area contributed by atoms with Crippen molar-refractivity contribution in [2.45, 2.75) is 18.9 Å². The molecule has 104 valence electrons. The summed E-state index contributed by atoms with van der Waals surface area (Å²) in [4.78, 5) is 11.9. The minimum atomic E-state index is -0.697. The van der Waals surface area contributed by atoms with Crippen LogP contribution in [0.1, 0.15) is 13.3 Å². The monoisotopic (exact) mass is 263 g/mol. The van der Waals surface area contributed by atoms with Gasteiger partial charge in [-0.3, -0.25) is 4.79 Å². The normalized spacial score (nSPS) is 26.7. The average Bonchev–Trinajstić information content (AvgIpc) is 2.41. The van der Waals surface area contributed by atoms with E-state index >= 15 is 0 Å². The third-order valence-corrected chi connectivity index (χ3v) is 3.86. The fraction of sp³-hybridized carbons (Fsp3) is 0.500. The summed E-state index contributed by atoms with van der Waals surface area (Å²) in [6, 6.07) is 7.55. The number of carbonyl (C=O) groups is 1. The van der Waals surface area contributed by atoms with Crippen molar-refractivity contribution in [1.82, 2.24) is 5.32 Å². The highest BCUT2D eigenvalue weighted by Crippen LogP contribution is 2.30. The van der Waals surface area contributed by atoms with Gasteiger partial charge in [-0.25, -0.2) is 0 Å². The van der Waals surface area contributed by atoms with E-state index in [9.17, 15) is 4.79 Å². The molecule has 1 fully saturated rings. The fourth-order valence-electron chi connectivity index (χ4n) is 2.60. The van der Waals surface area contributed by atoms with Gasteiger partial charge in [0.2, 0.25) is 5.91 Å². The number of ether oxygens (including phenoxy) is 1. The molecule has 5 heteroatoms. The maximum absolute atomic E-state index is 11.9. The average molecular weight is 263 g/mol. The third kappa shape index (κ3) is 2.66. The van der Waals surface area contributed by atoms with E-state index in [1.807, 2.05) is 31.2 Å². The Bertz CT molecular complexity index is 464. The Balaban J connectivity index is 2.27. The van der Waals surface area contributed by atoms with Crippen molar-refractivity contribution in [1.29, 1.82) is 0 Å². The van der Waals surface area contributed by atoms with Crippen LogP contribution in [0.5, 0.6) is 5.75 Å². The zero-order valence-corrected chi connectivity index (χ0v) is 11.4. The first-order chi connectivity index (χ1) is 9.08. The van der Waals surface area contributed by atoms with E-state index in [1.165, 1.54) is 0 Å². The molecule has 2 unspecified atom stereocenters. The molecule has 1 aliphatic rings. The highest BCUT2D eigenvalue weighted by Gasteiger charge is 2.43. The van der Waals surface area contributed by atoms with Crippen LogP contribution in [0.2, 0.25) is 0 Å². The second kappa shape index (κ2) is 5.48. The van der Waals surface area contributed by atoms with E-state index in [-0.39, 0.29) is 11.8 Å². The molecular formula is C14H21N3O2. The summed E-state index contributed by atoms with van der Waals surface area (Å²) in [6.45, 7) is 3.59. The van der Waals surface area contributed by atoms with E-state index in [4.69, 9.17) is 10.5 Å². The smallest absolute Gasteiger partial charge is 0.243 e. The van der Waals surface area contributed by atoms with E-state index in [1.54, 1.807) is 7.11 Å². The summed E-state index contributed by atoms with van der Waals surface area (Å²) in [6.07, 6.45) is 0.681. The SMILES string of the molecule is COc1cccc(NC2(C(N)=O)CCNCC2C)c1. The predicted octanol–water partition coefficient (Wildman–Crippen LogP) is 0.961. The maximum Gasteiger partial charge on any atom is 0.243 e. The molecule has 2 rings (SSSR count). The van der Waals surface area contributed by atoms with Crippen LogP contribution in [0, 0.1) is 5.92 Å². The number of primary amides is 1. The van der Waals surface area contributed by atoms with Gasteiger partial charge in [0.15, 0.2) is 0 Å². The van der Waals surface area contributed by atoms with Crippen molar-refractivity contribution in [3.8, 4) is 5.75 Å². The van der Waals surface area contributed by atoms with Crippen molar-refractivity contribution in [2.24, 2.45) is 11.7 Å². The molecule has 0 aromatic heterocycles. The van der Waals surface area contributed by atoms with Crippen molar-refractivity contribution in [3.63, 3.8) is 0 Å². The van der Waals surface area contributed by atoms with Crippen molar-refractivity contribution in [2.75, 3.05) is 25.5 Å². The third-order valence-electron chi connectivity index (χ3n) is 3.86. The Kier molecular flexibility index (Phi) is 3.95. The van der Waals surface area contributed by atoms with Crippen molar-refractivity contribution < 1.29 is 9.53 Å². The van der Waals surface area contributed by atoms with Gasteiger partial charge in [0, 0.05) is 24.2 Å². The summed E-state index contributed by atoms with van der Waals surface area (Å²) >= 11 is 0. The number of nitrogens with two attached hydrogens (primary N) is 1. The standard InChI is InChI=1S/C14H21N3O2/c1-10-9-16-7-6-14(10,13(15)18)17-11-4-3-5-12(8-11)19-2/h3-5,8,10,16-17H,6-7,9H2,1-2H3,(H2,15,18). The molecule has 1 aromatic rings. The molecule has 4 N–H and O–H groups in total. The first-order valence-electron chi connectivity index (χ1n) is 6.51. The van der Waals surface area contributed by atoms with Crippen LogP contribution in [-0.4, -0.2) is 31.6 Å². The number of benzene rings is 1. The van der Waals surface area contributed by atoms with Crippen LogP contribution in [-0.2, 0) is 4.79 Å². The first-order valence-corrected chi connectivity index (χ1v) is 6.51. The quantitative estimate of drug-likeness (QED) is 0.756. The molecule has 1 saturated heterocycles. The Morgan fingerprint density at radius 1 is 1.58 bits per heavy atom. The molecule has 19 heavy (non-hydrogen) atoms. The van der Waals surface area contributed by atoms with Crippen LogP contribution >= 0.6 is 0 Å². The van der Waals surface area contributed by atoms with Crippen LogP contribution < -0.4 is 21.1 Å². The topological polar surface area (TPSA) is 76.4 Å². The Morgan fingerprint density at radius 2 is 2.37 bits per heavy atom. The Labute approximate surface area is 113 Å². The van der Waals surface area contributed by atoms with Crippen molar-refractivity contribution >= 4 is 11.6 Å². The highest BCUT2D eigenvalue weighted by molar-refractivity contribution is 5.88. The summed E-state index contributed by atoms with van der Waals surface area (Å²) < 4.78 is 5.20. The number of piperidine rings is 1. The van der Waals surface area contributed by atoms with Crippen LogP contribution in [0.15, 0.2) is 24.3 Å². The molecule has 1 aromatic carbocycles. The van der Waals surface area contributed by atoms with Gasteiger partial charge in [-0.05, 0) is 25.1 Å². The molecule has 1 amide bonds. The zero-order valence-electron chi connectivity index (χ0n) is 11.4. The molecule has 0 bridgehead atoms. The molecule has 1 heterocycles. The number of hydrogen-bond acceptors (Lipinski definition) is 4. The lowest BCUT2D eigenvalue weighted by Crippen LogP contribution is -2.61. The number of nitrogens with one attached hydrogen (secondary N) is 2. The van der Waals surface area contributed by atoms with Gasteiger partial charge in [0.05, 0.1) is 7.11 Å². The number of anilines is 1. The van der Waals surface area contributed by atoms with Crippen LogP contribution in [0.25, 0.3) is 0 Å². The van der Waals surface area contributed by atoms with E-state index in [0.717, 1.165) is 24.5 Å². The number of amides is 1. The van der Waals surface area contributed by atoms with Gasteiger partial charge >= 0.3 is 0 Å². The molecule has 2 atom stereocenters. The molecule has 0 saturated carbocycles. The Hall–Kier alpha value is -1.75. The number of methoxy groups -OCH3 is 1. The summed E-state index contributed by atoms with van der Waals surface area (Å²) in [5, 5.41) is 6.60. The molecule has 0 aliphatic carbocycles. The molecular weight excluding hydrogens is 242 g/mol. The Morgan fingerprint density at radius 3 is 3.00 bits per heavy atom. The minimum Gasteiger partial charge on any atom is -0.497 e. The number of hydrogen-bond donors (Lipinski definition) is 3. The van der Waals surface area contributed by atoms with Crippen LogP contribution in [0.4, 0.5) is 5.69 Å². The molecule has 1 aliphatic heterocycles. The van der Waals surface area contributed by atoms with Crippen molar-refractivity contribution in [3.05, 3.63) is 24.3 Å². The predicted molar refractivity (Wildman–Crippen MR) is 75.2 cm³/mol. The van der Waals surface area contributed by atoms with Gasteiger partial charge in [0.1, 0.15) is 11.3 Å². The fourth-order valence-corrected chi connectivity index (χ4v) is 2.60. The number of carbonyl (C=O) groups excluding carboxylic acids is 1. The summed E-state index contributed by atoms with van der Waals surface area (Å²) in [7, 11) is 1.62. The molecule has 0 radical (unpaired) electrons. The number of rotatable bonds is 4. The molecule has 5 nitrogen and oxygen atoms in total. The largest absolute Gasteiger partial charge is 0.497 e. The first kappa shape index (κ1) is 13.7. The highest BCUT2D eigenvalue weighted by atomic mass is 16.5. The van der Waals surface area contributed by atoms with Gasteiger partial charge in [-0.1, -0.05) is 13.0 Å². The van der Waals surface area contributed by atoms with E-state index in [2.05, 4.69) is 10.6 Å². The van der Waals surface area contributed by atoms with E-state index in [0.29, 0.717) is 6.42 Å². The minimum absolute atomic E-state index is 0.130. The molecule has 0 spiro atoms. The second-order valence-corrected chi connectivity index (χ2v) is 5.05. The van der Waals surface area contributed by atoms with Gasteiger partial charge < -0.3 is 21.1 Å². The van der Waals surface area contributed by atoms with Gasteiger partial charge in [-0.15, -0.1) is 0 Å². The maximum atomic E-state index is 11.9.